The van der Waals surface area contributed by atoms with E-state index in [4.69, 9.17) is 24.9 Å². The predicted molar refractivity (Wildman–Crippen MR) is 75.9 cm³/mol. The van der Waals surface area contributed by atoms with Gasteiger partial charge in [-0.15, -0.1) is 11.6 Å². The summed E-state index contributed by atoms with van der Waals surface area (Å²) in [7, 11) is 1.93. The summed E-state index contributed by atoms with van der Waals surface area (Å²) in [6.45, 7) is 3.97. The molecule has 0 saturated carbocycles. The van der Waals surface area contributed by atoms with Crippen molar-refractivity contribution in [3.05, 3.63) is 35.9 Å². The van der Waals surface area contributed by atoms with Crippen LogP contribution in [-0.2, 0) is 18.3 Å². The van der Waals surface area contributed by atoms with Crippen LogP contribution in [0, 0.1) is 0 Å². The van der Waals surface area contributed by atoms with Crippen molar-refractivity contribution in [3.8, 4) is 0 Å². The fourth-order valence-electron chi connectivity index (χ4n) is 2.32. The molecule has 0 aliphatic carbocycles. The molecule has 0 aliphatic rings. The summed E-state index contributed by atoms with van der Waals surface area (Å²) in [6, 6.07) is 9.98. The third-order valence-electron chi connectivity index (χ3n) is 3.61. The maximum absolute atomic E-state index is 6.43. The predicted octanol–water partition coefficient (Wildman–Crippen LogP) is 2.99. The van der Waals surface area contributed by atoms with Gasteiger partial charge in [0.1, 0.15) is 0 Å². The van der Waals surface area contributed by atoms with Crippen molar-refractivity contribution in [1.82, 2.24) is 0 Å². The first-order valence-electron chi connectivity index (χ1n) is 5.83. The van der Waals surface area contributed by atoms with Gasteiger partial charge in [-0.05, 0) is 19.4 Å². The van der Waals surface area contributed by atoms with Crippen molar-refractivity contribution in [1.29, 1.82) is 0 Å². The van der Waals surface area contributed by atoms with E-state index in [1.54, 1.807) is 21.3 Å². The van der Waals surface area contributed by atoms with Crippen LogP contribution in [0.4, 0.5) is 0 Å². The molecule has 1 aromatic rings. The van der Waals surface area contributed by atoms with Crippen molar-refractivity contribution in [2.75, 3.05) is 21.3 Å². The molecule has 0 radical (unpaired) electrons. The van der Waals surface area contributed by atoms with Crippen LogP contribution < -0.4 is 0 Å². The van der Waals surface area contributed by atoms with Gasteiger partial charge < -0.3 is 13.3 Å². The first-order valence-corrected chi connectivity index (χ1v) is 7.99. The molecule has 0 aliphatic heterocycles. The minimum Gasteiger partial charge on any atom is -0.376 e. The number of halogens is 1. The maximum Gasteiger partial charge on any atom is 0.512 e. The van der Waals surface area contributed by atoms with Gasteiger partial charge in [-0.3, -0.25) is 0 Å². The normalized spacial score (nSPS) is 17.2. The lowest BCUT2D eigenvalue weighted by Gasteiger charge is -2.43. The molecular weight excluding hydrogens is 268 g/mol. The molecule has 1 rings (SSSR count). The molecule has 0 aromatic heterocycles. The quantitative estimate of drug-likeness (QED) is 0.595. The highest BCUT2D eigenvalue weighted by atomic mass is 35.5. The first-order chi connectivity index (χ1) is 8.48. The largest absolute Gasteiger partial charge is 0.512 e. The highest BCUT2D eigenvalue weighted by molar-refractivity contribution is 6.65. The second-order valence-electron chi connectivity index (χ2n) is 4.35. The minimum absolute atomic E-state index is 0.189. The van der Waals surface area contributed by atoms with Crippen molar-refractivity contribution < 1.29 is 13.3 Å². The lowest BCUT2D eigenvalue weighted by molar-refractivity contribution is 0.0930. The number of benzene rings is 1. The highest BCUT2D eigenvalue weighted by Crippen LogP contribution is 2.40. The SMILES string of the molecule is CO[Si](OC)(OC)C(C)(c1ccccc1)C(C)Cl. The Labute approximate surface area is 115 Å². The topological polar surface area (TPSA) is 27.7 Å². The second-order valence-corrected chi connectivity index (χ2v) is 8.38. The van der Waals surface area contributed by atoms with E-state index in [0.717, 1.165) is 5.56 Å². The van der Waals surface area contributed by atoms with Crippen molar-refractivity contribution in [3.63, 3.8) is 0 Å². The summed E-state index contributed by atoms with van der Waals surface area (Å²) in [5.74, 6) is 0. The molecule has 5 heteroatoms. The molecule has 0 spiro atoms. The summed E-state index contributed by atoms with van der Waals surface area (Å²) >= 11 is 6.43. The van der Waals surface area contributed by atoms with Crippen LogP contribution >= 0.6 is 11.6 Å². The average molecular weight is 289 g/mol. The molecule has 2 atom stereocenters. The fourth-order valence-corrected chi connectivity index (χ4v) is 5.63. The van der Waals surface area contributed by atoms with Crippen LogP contribution in [-0.4, -0.2) is 35.5 Å². The number of hydrogen-bond donors (Lipinski definition) is 0. The second kappa shape index (κ2) is 6.17. The van der Waals surface area contributed by atoms with Gasteiger partial charge in [0.25, 0.3) is 0 Å². The van der Waals surface area contributed by atoms with Crippen molar-refractivity contribution in [2.45, 2.75) is 24.3 Å². The van der Waals surface area contributed by atoms with Crippen LogP contribution in [0.15, 0.2) is 30.3 Å². The minimum atomic E-state index is -2.91. The Morgan fingerprint density at radius 3 is 1.83 bits per heavy atom. The number of rotatable bonds is 6. The van der Waals surface area contributed by atoms with E-state index < -0.39 is 13.8 Å². The number of hydrogen-bond acceptors (Lipinski definition) is 3. The van der Waals surface area contributed by atoms with E-state index in [0.29, 0.717) is 0 Å². The van der Waals surface area contributed by atoms with Crippen LogP contribution in [0.1, 0.15) is 19.4 Å². The molecular formula is C13H21ClO3Si. The van der Waals surface area contributed by atoms with Crippen LogP contribution in [0.3, 0.4) is 0 Å². The van der Waals surface area contributed by atoms with E-state index in [1.807, 2.05) is 44.2 Å². The zero-order chi connectivity index (χ0) is 13.8. The highest BCUT2D eigenvalue weighted by Gasteiger charge is 2.60. The van der Waals surface area contributed by atoms with Gasteiger partial charge in [-0.2, -0.15) is 0 Å². The smallest absolute Gasteiger partial charge is 0.376 e. The molecule has 3 nitrogen and oxygen atoms in total. The lowest BCUT2D eigenvalue weighted by atomic mass is 9.97. The van der Waals surface area contributed by atoms with Gasteiger partial charge in [0.05, 0.1) is 5.04 Å². The third kappa shape index (κ3) is 2.35. The Kier molecular flexibility index (Phi) is 5.37. The van der Waals surface area contributed by atoms with Gasteiger partial charge in [0.15, 0.2) is 0 Å². The van der Waals surface area contributed by atoms with E-state index in [2.05, 4.69) is 0 Å². The zero-order valence-electron chi connectivity index (χ0n) is 11.6. The van der Waals surface area contributed by atoms with Gasteiger partial charge >= 0.3 is 8.80 Å². The van der Waals surface area contributed by atoms with Crippen LogP contribution in [0.5, 0.6) is 0 Å². The molecule has 0 saturated heterocycles. The first kappa shape index (κ1) is 15.7. The summed E-state index contributed by atoms with van der Waals surface area (Å²) in [4.78, 5) is 0. The van der Waals surface area contributed by atoms with Gasteiger partial charge in [0.2, 0.25) is 0 Å². The Morgan fingerprint density at radius 2 is 1.50 bits per heavy atom. The van der Waals surface area contributed by atoms with E-state index >= 15 is 0 Å². The molecule has 0 fully saturated rings. The summed E-state index contributed by atoms with van der Waals surface area (Å²) in [5.41, 5.74) is 1.06. The molecule has 0 bridgehead atoms. The number of alkyl halides is 1. The third-order valence-corrected chi connectivity index (χ3v) is 7.84. The standard InChI is InChI=1S/C13H21ClO3Si/c1-11(14)13(2,12-9-7-6-8-10-12)18(15-3,16-4)17-5/h6-11H,1-5H3. The van der Waals surface area contributed by atoms with Crippen molar-refractivity contribution >= 4 is 20.4 Å². The average Bonchev–Trinajstić information content (AvgIpc) is 2.41. The molecule has 102 valence electrons. The monoisotopic (exact) mass is 288 g/mol. The van der Waals surface area contributed by atoms with Crippen LogP contribution in [0.2, 0.25) is 0 Å². The Bertz CT molecular complexity index is 359. The molecule has 0 heterocycles. The Balaban J connectivity index is 3.40. The van der Waals surface area contributed by atoms with E-state index in [9.17, 15) is 0 Å². The van der Waals surface area contributed by atoms with Gasteiger partial charge in [-0.1, -0.05) is 30.3 Å². The summed E-state index contributed by atoms with van der Waals surface area (Å²) in [5, 5.41) is -0.694. The molecule has 1 aromatic carbocycles. The zero-order valence-corrected chi connectivity index (χ0v) is 13.3. The lowest BCUT2D eigenvalue weighted by Crippen LogP contribution is -2.63. The molecule has 0 amide bonds. The Hall–Kier alpha value is -0.393. The molecule has 18 heavy (non-hydrogen) atoms. The van der Waals surface area contributed by atoms with E-state index in [-0.39, 0.29) is 5.38 Å². The fraction of sp³-hybridized carbons (Fsp3) is 0.538. The van der Waals surface area contributed by atoms with Gasteiger partial charge in [-0.25, -0.2) is 0 Å². The van der Waals surface area contributed by atoms with Crippen molar-refractivity contribution in [2.24, 2.45) is 0 Å². The van der Waals surface area contributed by atoms with Gasteiger partial charge in [0, 0.05) is 26.7 Å². The summed E-state index contributed by atoms with van der Waals surface area (Å²) in [6.07, 6.45) is 0. The van der Waals surface area contributed by atoms with Crippen LogP contribution in [0.25, 0.3) is 0 Å². The summed E-state index contributed by atoms with van der Waals surface area (Å²) < 4.78 is 16.9. The Morgan fingerprint density at radius 1 is 1.06 bits per heavy atom. The van der Waals surface area contributed by atoms with E-state index in [1.165, 1.54) is 0 Å². The maximum atomic E-state index is 6.43. The molecule has 0 N–H and O–H groups in total. The molecule has 2 unspecified atom stereocenters.